The van der Waals surface area contributed by atoms with Crippen molar-refractivity contribution >= 4 is 23.7 Å². The predicted molar refractivity (Wildman–Crippen MR) is 119 cm³/mol. The molecule has 0 saturated carbocycles. The van der Waals surface area contributed by atoms with Gasteiger partial charge in [-0.3, -0.25) is 14.5 Å². The maximum absolute atomic E-state index is 13.5. The smallest absolute Gasteiger partial charge is 0.408 e. The van der Waals surface area contributed by atoms with Crippen molar-refractivity contribution in [3.05, 3.63) is 48.2 Å². The lowest BCUT2D eigenvalue weighted by Gasteiger charge is -2.26. The highest BCUT2D eigenvalue weighted by molar-refractivity contribution is 6.05. The predicted octanol–water partition coefficient (Wildman–Crippen LogP) is 2.16. The average molecular weight is 441 g/mol. The Morgan fingerprint density at radius 1 is 1.19 bits per heavy atom. The van der Waals surface area contributed by atoms with Crippen LogP contribution in [0.15, 0.2) is 42.6 Å². The lowest BCUT2D eigenvalue weighted by Crippen LogP contribution is -2.50. The molecule has 2 aromatic rings. The van der Waals surface area contributed by atoms with E-state index in [0.29, 0.717) is 11.4 Å². The first-order valence-corrected chi connectivity index (χ1v) is 10.4. The minimum absolute atomic E-state index is 0.0227. The fourth-order valence-corrected chi connectivity index (χ4v) is 3.48. The quantitative estimate of drug-likeness (QED) is 0.655. The fourth-order valence-electron chi connectivity index (χ4n) is 3.48. The second-order valence-corrected chi connectivity index (χ2v) is 8.48. The molecule has 1 aliphatic rings. The van der Waals surface area contributed by atoms with Gasteiger partial charge >= 0.3 is 6.09 Å². The van der Waals surface area contributed by atoms with Gasteiger partial charge in [-0.25, -0.2) is 9.78 Å². The molecule has 3 rings (SSSR count). The highest BCUT2D eigenvalue weighted by Gasteiger charge is 2.36. The Kier molecular flexibility index (Phi) is 6.78. The number of benzene rings is 1. The number of nitrogens with one attached hydrogen (secondary N) is 2. The van der Waals surface area contributed by atoms with E-state index in [2.05, 4.69) is 15.6 Å². The van der Waals surface area contributed by atoms with Crippen LogP contribution in [0.25, 0.3) is 11.1 Å². The van der Waals surface area contributed by atoms with Crippen LogP contribution in [0.2, 0.25) is 0 Å². The monoisotopic (exact) mass is 440 g/mol. The molecule has 1 unspecified atom stereocenters. The summed E-state index contributed by atoms with van der Waals surface area (Å²) in [7, 11) is 0. The molecule has 0 saturated heterocycles. The maximum Gasteiger partial charge on any atom is 0.408 e. The topological polar surface area (TPSA) is 121 Å². The molecule has 9 nitrogen and oxygen atoms in total. The van der Waals surface area contributed by atoms with E-state index < -0.39 is 35.6 Å². The highest BCUT2D eigenvalue weighted by atomic mass is 16.6. The molecule has 2 atom stereocenters. The number of ether oxygens (including phenoxy) is 1. The van der Waals surface area contributed by atoms with Gasteiger partial charge in [0.25, 0.3) is 5.91 Å². The SMILES string of the molecule is C[C@H](NC(=O)OC(C)(C)C)C(=O)NC1C(=O)N(CCO)c2ncccc2-c2ccccc21. The van der Waals surface area contributed by atoms with Crippen LogP contribution < -0.4 is 15.5 Å². The Morgan fingerprint density at radius 2 is 1.88 bits per heavy atom. The van der Waals surface area contributed by atoms with Gasteiger partial charge in [-0.05, 0) is 51.0 Å². The Bertz CT molecular complexity index is 1020. The number of aliphatic hydroxyl groups is 1. The number of aliphatic hydroxyl groups excluding tert-OH is 1. The summed E-state index contributed by atoms with van der Waals surface area (Å²) in [5.74, 6) is -0.565. The summed E-state index contributed by atoms with van der Waals surface area (Å²) >= 11 is 0. The van der Waals surface area contributed by atoms with E-state index in [9.17, 15) is 19.5 Å². The Balaban J connectivity index is 1.91. The summed E-state index contributed by atoms with van der Waals surface area (Å²) in [6, 6.07) is 8.88. The number of anilines is 1. The Morgan fingerprint density at radius 3 is 2.56 bits per heavy atom. The molecule has 170 valence electrons. The van der Waals surface area contributed by atoms with Gasteiger partial charge in [0.05, 0.1) is 13.2 Å². The van der Waals surface area contributed by atoms with E-state index in [4.69, 9.17) is 4.74 Å². The first kappa shape index (κ1) is 23.2. The average Bonchev–Trinajstić information content (AvgIpc) is 2.82. The van der Waals surface area contributed by atoms with Crippen LogP contribution in [0.4, 0.5) is 10.6 Å². The molecule has 1 aromatic heterocycles. The van der Waals surface area contributed by atoms with E-state index >= 15 is 0 Å². The number of hydrogen-bond donors (Lipinski definition) is 3. The zero-order valence-electron chi connectivity index (χ0n) is 18.6. The van der Waals surface area contributed by atoms with Gasteiger partial charge in [0.15, 0.2) is 0 Å². The molecule has 32 heavy (non-hydrogen) atoms. The normalized spacial score (nSPS) is 16.3. The molecule has 0 radical (unpaired) electrons. The summed E-state index contributed by atoms with van der Waals surface area (Å²) in [6.07, 6.45) is 0.844. The first-order valence-electron chi connectivity index (χ1n) is 10.4. The number of pyridine rings is 1. The van der Waals surface area contributed by atoms with Crippen molar-refractivity contribution in [3.8, 4) is 11.1 Å². The van der Waals surface area contributed by atoms with Crippen LogP contribution in [-0.4, -0.2) is 52.8 Å². The summed E-state index contributed by atoms with van der Waals surface area (Å²) in [5, 5.41) is 14.8. The van der Waals surface area contributed by atoms with Crippen LogP contribution in [0.5, 0.6) is 0 Å². The lowest BCUT2D eigenvalue weighted by molar-refractivity contribution is -0.128. The van der Waals surface area contributed by atoms with Crippen molar-refractivity contribution in [3.63, 3.8) is 0 Å². The summed E-state index contributed by atoms with van der Waals surface area (Å²) in [6.45, 7) is 6.43. The molecule has 2 heterocycles. The van der Waals surface area contributed by atoms with Gasteiger partial charge in [0, 0.05) is 11.8 Å². The molecule has 0 aliphatic carbocycles. The Hall–Kier alpha value is -3.46. The van der Waals surface area contributed by atoms with E-state index in [1.165, 1.54) is 11.8 Å². The minimum Gasteiger partial charge on any atom is -0.444 e. The van der Waals surface area contributed by atoms with Crippen LogP contribution in [0, 0.1) is 0 Å². The number of β-amino-alcohol motifs (C(OH)–C–C–N with tert-alkyl or cyclic N) is 1. The third kappa shape index (κ3) is 5.05. The van der Waals surface area contributed by atoms with E-state index in [0.717, 1.165) is 11.1 Å². The van der Waals surface area contributed by atoms with E-state index in [1.807, 2.05) is 18.2 Å². The van der Waals surface area contributed by atoms with E-state index in [-0.39, 0.29) is 13.2 Å². The second-order valence-electron chi connectivity index (χ2n) is 8.48. The van der Waals surface area contributed by atoms with Crippen molar-refractivity contribution in [2.45, 2.75) is 45.4 Å². The van der Waals surface area contributed by atoms with Crippen LogP contribution in [0.3, 0.4) is 0 Å². The van der Waals surface area contributed by atoms with Crippen molar-refractivity contribution in [1.82, 2.24) is 15.6 Å². The van der Waals surface area contributed by atoms with Gasteiger partial charge in [-0.15, -0.1) is 0 Å². The Labute approximate surface area is 186 Å². The maximum atomic E-state index is 13.5. The van der Waals surface area contributed by atoms with Crippen LogP contribution >= 0.6 is 0 Å². The lowest BCUT2D eigenvalue weighted by atomic mass is 9.96. The van der Waals surface area contributed by atoms with Gasteiger partial charge in [0.1, 0.15) is 23.5 Å². The standard InChI is InChI=1S/C23H28N4O5/c1-14(25-22(31)32-23(2,3)4)20(29)26-18-16-9-6-5-8-15(16)17-10-7-11-24-19(17)27(12-13-28)21(18)30/h5-11,14,18,28H,12-13H2,1-4H3,(H,25,31)(H,26,29)/t14-,18?/m0/s1. The summed E-state index contributed by atoms with van der Waals surface area (Å²) in [4.78, 5) is 44.1. The molecule has 3 amide bonds. The van der Waals surface area contributed by atoms with Gasteiger partial charge < -0.3 is 20.5 Å². The molecular formula is C23H28N4O5. The van der Waals surface area contributed by atoms with Crippen molar-refractivity contribution < 1.29 is 24.2 Å². The molecule has 0 spiro atoms. The fraction of sp³-hybridized carbons (Fsp3) is 0.391. The van der Waals surface area contributed by atoms with Crippen LogP contribution in [-0.2, 0) is 14.3 Å². The number of fused-ring (bicyclic) bond motifs is 3. The number of rotatable bonds is 5. The highest BCUT2D eigenvalue weighted by Crippen LogP contribution is 2.38. The zero-order valence-corrected chi connectivity index (χ0v) is 18.6. The van der Waals surface area contributed by atoms with Crippen molar-refractivity contribution in [2.75, 3.05) is 18.1 Å². The number of aromatic nitrogens is 1. The number of amides is 3. The molecule has 1 aliphatic heterocycles. The van der Waals surface area contributed by atoms with Gasteiger partial charge in [0.2, 0.25) is 5.91 Å². The number of alkyl carbamates (subject to hydrolysis) is 1. The number of nitrogens with zero attached hydrogens (tertiary/aromatic N) is 2. The first-order chi connectivity index (χ1) is 15.1. The third-order valence-corrected chi connectivity index (χ3v) is 4.85. The summed E-state index contributed by atoms with van der Waals surface area (Å²) in [5.41, 5.74) is 1.37. The van der Waals surface area contributed by atoms with Gasteiger partial charge in [-0.2, -0.15) is 0 Å². The van der Waals surface area contributed by atoms with Crippen molar-refractivity contribution in [1.29, 1.82) is 0 Å². The van der Waals surface area contributed by atoms with Gasteiger partial charge in [-0.1, -0.05) is 24.3 Å². The zero-order chi connectivity index (χ0) is 23.5. The minimum atomic E-state index is -1.03. The van der Waals surface area contributed by atoms with Crippen LogP contribution in [0.1, 0.15) is 39.3 Å². The molecular weight excluding hydrogens is 412 g/mol. The van der Waals surface area contributed by atoms with E-state index in [1.54, 1.807) is 45.2 Å². The largest absolute Gasteiger partial charge is 0.444 e. The number of carbonyl (C=O) groups excluding carboxylic acids is 3. The molecule has 0 bridgehead atoms. The molecule has 3 N–H and O–H groups in total. The third-order valence-electron chi connectivity index (χ3n) is 4.85. The molecule has 9 heteroatoms. The molecule has 0 fully saturated rings. The number of hydrogen-bond acceptors (Lipinski definition) is 6. The summed E-state index contributed by atoms with van der Waals surface area (Å²) < 4.78 is 5.20. The second kappa shape index (κ2) is 9.35. The number of carbonyl (C=O) groups is 3. The molecule has 1 aromatic carbocycles. The van der Waals surface area contributed by atoms with Crippen molar-refractivity contribution in [2.24, 2.45) is 0 Å².